The van der Waals surface area contributed by atoms with Crippen molar-refractivity contribution in [2.45, 2.75) is 19.8 Å². The minimum Gasteiger partial charge on any atom is -0.497 e. The molecule has 3 nitrogen and oxygen atoms in total. The first-order valence-corrected chi connectivity index (χ1v) is 6.18. The van der Waals surface area contributed by atoms with Crippen LogP contribution in [0, 0.1) is 11.8 Å². The third-order valence-electron chi connectivity index (χ3n) is 3.60. The molecule has 0 amide bonds. The van der Waals surface area contributed by atoms with Gasteiger partial charge in [-0.2, -0.15) is 0 Å². The summed E-state index contributed by atoms with van der Waals surface area (Å²) in [6.45, 7) is 2.01. The highest BCUT2D eigenvalue weighted by atomic mass is 16.5. The summed E-state index contributed by atoms with van der Waals surface area (Å²) < 4.78 is 5.21. The summed E-state index contributed by atoms with van der Waals surface area (Å²) >= 11 is 0. The third-order valence-corrected chi connectivity index (χ3v) is 3.60. The van der Waals surface area contributed by atoms with Gasteiger partial charge in [-0.3, -0.25) is 4.79 Å². The number of ether oxygens (including phenoxy) is 1. The van der Waals surface area contributed by atoms with Gasteiger partial charge >= 0.3 is 5.97 Å². The fraction of sp³-hybridized carbons (Fsp3) is 0.400. The van der Waals surface area contributed by atoms with Crippen molar-refractivity contribution < 1.29 is 14.6 Å². The Balaban J connectivity index is 2.22. The summed E-state index contributed by atoms with van der Waals surface area (Å²) in [5.41, 5.74) is 2.35. The molecule has 0 spiro atoms. The van der Waals surface area contributed by atoms with E-state index in [2.05, 4.69) is 0 Å². The summed E-state index contributed by atoms with van der Waals surface area (Å²) in [6, 6.07) is 7.92. The molecule has 3 heteroatoms. The van der Waals surface area contributed by atoms with Crippen molar-refractivity contribution in [1.82, 2.24) is 0 Å². The molecule has 1 aliphatic rings. The van der Waals surface area contributed by atoms with Crippen LogP contribution in [-0.4, -0.2) is 18.2 Å². The fourth-order valence-corrected chi connectivity index (χ4v) is 2.48. The smallest absolute Gasteiger partial charge is 0.307 e. The quantitative estimate of drug-likeness (QED) is 0.890. The maximum Gasteiger partial charge on any atom is 0.307 e. The first-order chi connectivity index (χ1) is 8.61. The number of benzene rings is 1. The first-order valence-electron chi connectivity index (χ1n) is 6.18. The Morgan fingerprint density at radius 2 is 2.22 bits per heavy atom. The summed E-state index contributed by atoms with van der Waals surface area (Å²) in [7, 11) is 1.65. The normalized spacial score (nSPS) is 23.3. The molecule has 96 valence electrons. The largest absolute Gasteiger partial charge is 0.497 e. The maximum absolute atomic E-state index is 11.1. The predicted molar refractivity (Wildman–Crippen MR) is 70.5 cm³/mol. The lowest BCUT2D eigenvalue weighted by Crippen LogP contribution is -2.24. The van der Waals surface area contributed by atoms with E-state index in [0.29, 0.717) is 6.42 Å². The Hall–Kier alpha value is -1.77. The molecule has 0 bridgehead atoms. The summed E-state index contributed by atoms with van der Waals surface area (Å²) in [6.07, 6.45) is 3.47. The molecule has 0 aromatic heterocycles. The Kier molecular flexibility index (Phi) is 3.70. The van der Waals surface area contributed by atoms with Crippen molar-refractivity contribution in [2.24, 2.45) is 11.8 Å². The number of carbonyl (C=O) groups is 1. The predicted octanol–water partition coefficient (Wildman–Crippen LogP) is 3.21. The van der Waals surface area contributed by atoms with Gasteiger partial charge in [0.1, 0.15) is 5.75 Å². The van der Waals surface area contributed by atoms with Crippen molar-refractivity contribution in [2.75, 3.05) is 7.11 Å². The molecule has 0 heterocycles. The molecule has 0 saturated carbocycles. The van der Waals surface area contributed by atoms with E-state index in [1.165, 1.54) is 5.57 Å². The number of carboxylic acids is 1. The minimum absolute atomic E-state index is 0.175. The molecular weight excluding hydrogens is 228 g/mol. The second-order valence-electron chi connectivity index (χ2n) is 4.82. The van der Waals surface area contributed by atoms with Crippen LogP contribution < -0.4 is 4.74 Å². The summed E-state index contributed by atoms with van der Waals surface area (Å²) in [5.74, 6) is 0.0675. The molecule has 1 N–H and O–H groups in total. The fourth-order valence-electron chi connectivity index (χ4n) is 2.48. The molecule has 0 radical (unpaired) electrons. The lowest BCUT2D eigenvalue weighted by Gasteiger charge is -2.25. The van der Waals surface area contributed by atoms with Crippen LogP contribution in [0.4, 0.5) is 0 Å². The van der Waals surface area contributed by atoms with Crippen molar-refractivity contribution in [3.8, 4) is 5.75 Å². The topological polar surface area (TPSA) is 46.5 Å². The van der Waals surface area contributed by atoms with Gasteiger partial charge in [0.05, 0.1) is 13.0 Å². The van der Waals surface area contributed by atoms with Crippen LogP contribution in [0.15, 0.2) is 30.3 Å². The number of hydrogen-bond acceptors (Lipinski definition) is 2. The standard InChI is InChI=1S/C15H18O3/c1-10-8-12(6-7-14(10)15(16)17)11-4-3-5-13(9-11)18-2/h3-6,9-10,14H,7-8H2,1-2H3,(H,16,17)/t10-,14+/m0/s1. The average Bonchev–Trinajstić information content (AvgIpc) is 2.38. The number of carboxylic acid groups (broad SMARTS) is 1. The van der Waals surface area contributed by atoms with E-state index in [0.717, 1.165) is 17.7 Å². The van der Waals surface area contributed by atoms with Gasteiger partial charge in [0.25, 0.3) is 0 Å². The number of hydrogen-bond donors (Lipinski definition) is 1. The Morgan fingerprint density at radius 1 is 1.44 bits per heavy atom. The molecule has 0 saturated heterocycles. The summed E-state index contributed by atoms with van der Waals surface area (Å²) in [4.78, 5) is 11.1. The highest BCUT2D eigenvalue weighted by Crippen LogP contribution is 2.35. The van der Waals surface area contributed by atoms with Crippen LogP contribution in [-0.2, 0) is 4.79 Å². The van der Waals surface area contributed by atoms with Crippen LogP contribution >= 0.6 is 0 Å². The molecule has 18 heavy (non-hydrogen) atoms. The van der Waals surface area contributed by atoms with Crippen LogP contribution in [0.2, 0.25) is 0 Å². The van der Waals surface area contributed by atoms with Gasteiger partial charge in [-0.15, -0.1) is 0 Å². The number of rotatable bonds is 3. The van der Waals surface area contributed by atoms with Gasteiger partial charge in [0.15, 0.2) is 0 Å². The number of allylic oxidation sites excluding steroid dienone is 2. The molecule has 0 fully saturated rings. The zero-order valence-electron chi connectivity index (χ0n) is 10.7. The van der Waals surface area contributed by atoms with Crippen LogP contribution in [0.3, 0.4) is 0 Å². The number of aliphatic carboxylic acids is 1. The molecule has 1 aliphatic carbocycles. The number of methoxy groups -OCH3 is 1. The van der Waals surface area contributed by atoms with Crippen molar-refractivity contribution in [3.05, 3.63) is 35.9 Å². The van der Waals surface area contributed by atoms with Crippen molar-refractivity contribution in [3.63, 3.8) is 0 Å². The van der Waals surface area contributed by atoms with Gasteiger partial charge in [-0.05, 0) is 42.0 Å². The average molecular weight is 246 g/mol. The SMILES string of the molecule is COc1cccc(C2=CC[C@@H](C(=O)O)[C@@H](C)C2)c1. The lowest BCUT2D eigenvalue weighted by atomic mass is 9.79. The molecule has 0 unspecified atom stereocenters. The van der Waals surface area contributed by atoms with Gasteiger partial charge < -0.3 is 9.84 Å². The third kappa shape index (κ3) is 2.55. The van der Waals surface area contributed by atoms with E-state index >= 15 is 0 Å². The van der Waals surface area contributed by atoms with Crippen molar-refractivity contribution in [1.29, 1.82) is 0 Å². The van der Waals surface area contributed by atoms with Gasteiger partial charge in [-0.1, -0.05) is 25.1 Å². The highest BCUT2D eigenvalue weighted by Gasteiger charge is 2.28. The second-order valence-corrected chi connectivity index (χ2v) is 4.82. The van der Waals surface area contributed by atoms with E-state index in [4.69, 9.17) is 9.84 Å². The van der Waals surface area contributed by atoms with Crippen LogP contribution in [0.1, 0.15) is 25.3 Å². The van der Waals surface area contributed by atoms with Crippen molar-refractivity contribution >= 4 is 11.5 Å². The monoisotopic (exact) mass is 246 g/mol. The lowest BCUT2D eigenvalue weighted by molar-refractivity contribution is -0.143. The van der Waals surface area contributed by atoms with E-state index in [9.17, 15) is 4.79 Å². The molecular formula is C15H18O3. The van der Waals surface area contributed by atoms with Gasteiger partial charge in [-0.25, -0.2) is 0 Å². The Bertz CT molecular complexity index is 476. The Morgan fingerprint density at radius 3 is 2.83 bits per heavy atom. The van der Waals surface area contributed by atoms with Crippen LogP contribution in [0.25, 0.3) is 5.57 Å². The van der Waals surface area contributed by atoms with E-state index in [1.807, 2.05) is 37.3 Å². The van der Waals surface area contributed by atoms with Gasteiger partial charge in [0.2, 0.25) is 0 Å². The molecule has 2 rings (SSSR count). The van der Waals surface area contributed by atoms with E-state index < -0.39 is 5.97 Å². The van der Waals surface area contributed by atoms with Gasteiger partial charge in [0, 0.05) is 0 Å². The highest BCUT2D eigenvalue weighted by molar-refractivity contribution is 5.74. The molecule has 1 aromatic carbocycles. The minimum atomic E-state index is -0.691. The molecule has 1 aromatic rings. The maximum atomic E-state index is 11.1. The Labute approximate surface area is 107 Å². The summed E-state index contributed by atoms with van der Waals surface area (Å²) in [5, 5.41) is 9.10. The molecule has 0 aliphatic heterocycles. The molecule has 2 atom stereocenters. The van der Waals surface area contributed by atoms with Crippen LogP contribution in [0.5, 0.6) is 5.75 Å². The first kappa shape index (κ1) is 12.7. The zero-order chi connectivity index (χ0) is 13.1. The zero-order valence-corrected chi connectivity index (χ0v) is 10.7. The second kappa shape index (κ2) is 5.25. The van der Waals surface area contributed by atoms with E-state index in [1.54, 1.807) is 7.11 Å². The van der Waals surface area contributed by atoms with E-state index in [-0.39, 0.29) is 11.8 Å².